The summed E-state index contributed by atoms with van der Waals surface area (Å²) in [5.41, 5.74) is 6.86. The molecule has 0 radical (unpaired) electrons. The summed E-state index contributed by atoms with van der Waals surface area (Å²) < 4.78 is 5.35. The molecule has 0 spiro atoms. The van der Waals surface area contributed by atoms with Crippen molar-refractivity contribution in [3.8, 4) is 0 Å². The monoisotopic (exact) mass is 482 g/mol. The van der Waals surface area contributed by atoms with Gasteiger partial charge in [0.25, 0.3) is 0 Å². The second-order valence-corrected chi connectivity index (χ2v) is 9.49. The van der Waals surface area contributed by atoms with Crippen LogP contribution in [0.5, 0.6) is 0 Å². The van der Waals surface area contributed by atoms with E-state index in [0.717, 1.165) is 12.0 Å². The fourth-order valence-corrected chi connectivity index (χ4v) is 3.91. The van der Waals surface area contributed by atoms with Crippen LogP contribution in [-0.2, 0) is 20.9 Å². The Morgan fingerprint density at radius 1 is 1.12 bits per heavy atom. The number of carbonyl (C=O) groups is 3. The molecule has 33 heavy (non-hydrogen) atoms. The lowest BCUT2D eigenvalue weighted by Gasteiger charge is -2.25. The average Bonchev–Trinajstić information content (AvgIpc) is 3.04. The van der Waals surface area contributed by atoms with Gasteiger partial charge in [-0.25, -0.2) is 4.79 Å². The average molecular weight is 483 g/mol. The number of carbonyl (C=O) groups excluding carboxylic acids is 3. The molecule has 1 aliphatic rings. The van der Waals surface area contributed by atoms with Gasteiger partial charge in [-0.3, -0.25) is 14.5 Å². The van der Waals surface area contributed by atoms with Crippen LogP contribution in [0.15, 0.2) is 30.3 Å². The van der Waals surface area contributed by atoms with E-state index in [1.54, 1.807) is 0 Å². The third-order valence-corrected chi connectivity index (χ3v) is 5.36. The van der Waals surface area contributed by atoms with Crippen LogP contribution in [0, 0.1) is 11.8 Å². The van der Waals surface area contributed by atoms with Gasteiger partial charge in [-0.15, -0.1) is 12.4 Å². The van der Waals surface area contributed by atoms with Gasteiger partial charge in [0.05, 0.1) is 12.6 Å². The van der Waals surface area contributed by atoms with Gasteiger partial charge in [0.15, 0.2) is 5.78 Å². The first kappa shape index (κ1) is 28.9. The highest BCUT2D eigenvalue weighted by Gasteiger charge is 2.34. The van der Waals surface area contributed by atoms with Crippen LogP contribution in [0.25, 0.3) is 0 Å². The molecule has 2 amide bonds. The highest BCUT2D eigenvalue weighted by Crippen LogP contribution is 2.13. The third kappa shape index (κ3) is 10.5. The zero-order valence-electron chi connectivity index (χ0n) is 20.1. The lowest BCUT2D eigenvalue weighted by molar-refractivity contribution is -0.127. The van der Waals surface area contributed by atoms with Gasteiger partial charge in [-0.1, -0.05) is 58.0 Å². The molecule has 0 aliphatic carbocycles. The number of Topliss-reactive ketones (excluding diaryl/α,β-unsaturated/α-hetero) is 1. The Bertz CT molecular complexity index is 760. The molecule has 1 fully saturated rings. The lowest BCUT2D eigenvalue weighted by Crippen LogP contribution is -2.49. The van der Waals surface area contributed by atoms with Crippen LogP contribution in [0.2, 0.25) is 0 Å². The molecule has 0 aromatic heterocycles. The van der Waals surface area contributed by atoms with Crippen LogP contribution in [0.1, 0.15) is 46.1 Å². The standard InChI is InChI=1S/C24H38N4O4.ClH/c1-16(2)10-19(26-24(31)32-15-18-8-6-5-7-9-18)12-28-13-21(22(29)14-28)27-23(30)20(25)11-17(3)4;/h5-9,16-17,19-21H,10-15,25H2,1-4H3,(H,26,31)(H,27,30);1H/t19-,20+,21?;/m1./s1. The van der Waals surface area contributed by atoms with E-state index in [1.807, 2.05) is 49.1 Å². The number of alkyl carbamates (subject to hydrolysis) is 1. The number of halogens is 1. The smallest absolute Gasteiger partial charge is 0.407 e. The summed E-state index contributed by atoms with van der Waals surface area (Å²) in [5.74, 6) is 0.332. The molecule has 1 aromatic carbocycles. The van der Waals surface area contributed by atoms with Crippen LogP contribution in [0.4, 0.5) is 4.79 Å². The van der Waals surface area contributed by atoms with Gasteiger partial charge in [0.2, 0.25) is 5.91 Å². The summed E-state index contributed by atoms with van der Waals surface area (Å²) in [4.78, 5) is 39.0. The molecular formula is C24H39ClN4O4. The van der Waals surface area contributed by atoms with Crippen LogP contribution < -0.4 is 16.4 Å². The predicted molar refractivity (Wildman–Crippen MR) is 131 cm³/mol. The molecule has 4 N–H and O–H groups in total. The molecule has 8 nitrogen and oxygen atoms in total. The number of amides is 2. The predicted octanol–water partition coefficient (Wildman–Crippen LogP) is 2.49. The molecular weight excluding hydrogens is 444 g/mol. The van der Waals surface area contributed by atoms with Gasteiger partial charge >= 0.3 is 6.09 Å². The summed E-state index contributed by atoms with van der Waals surface area (Å²) in [6.07, 6.45) is 0.845. The van der Waals surface area contributed by atoms with Gasteiger partial charge < -0.3 is 21.1 Å². The van der Waals surface area contributed by atoms with E-state index in [2.05, 4.69) is 24.5 Å². The topological polar surface area (TPSA) is 114 Å². The van der Waals surface area contributed by atoms with Crippen molar-refractivity contribution >= 4 is 30.2 Å². The van der Waals surface area contributed by atoms with E-state index in [1.165, 1.54) is 0 Å². The van der Waals surface area contributed by atoms with Crippen molar-refractivity contribution in [1.82, 2.24) is 15.5 Å². The van der Waals surface area contributed by atoms with Crippen molar-refractivity contribution < 1.29 is 19.1 Å². The maximum absolute atomic E-state index is 12.4. The Kier molecular flexibility index (Phi) is 12.4. The zero-order chi connectivity index (χ0) is 23.7. The summed E-state index contributed by atoms with van der Waals surface area (Å²) in [6, 6.07) is 8.15. The number of ketones is 1. The first-order valence-electron chi connectivity index (χ1n) is 11.4. The minimum absolute atomic E-state index is 0. The van der Waals surface area contributed by atoms with Crippen molar-refractivity contribution in [3.05, 3.63) is 35.9 Å². The van der Waals surface area contributed by atoms with Crippen molar-refractivity contribution in [3.63, 3.8) is 0 Å². The van der Waals surface area contributed by atoms with Crippen molar-refractivity contribution in [2.45, 2.75) is 65.3 Å². The van der Waals surface area contributed by atoms with Crippen molar-refractivity contribution in [2.75, 3.05) is 19.6 Å². The summed E-state index contributed by atoms with van der Waals surface area (Å²) >= 11 is 0. The first-order valence-corrected chi connectivity index (χ1v) is 11.4. The number of nitrogens with one attached hydrogen (secondary N) is 2. The van der Waals surface area contributed by atoms with Gasteiger partial charge in [-0.2, -0.15) is 0 Å². The van der Waals surface area contributed by atoms with Gasteiger partial charge in [-0.05, 0) is 30.2 Å². The fourth-order valence-electron chi connectivity index (χ4n) is 3.91. The van der Waals surface area contributed by atoms with E-state index >= 15 is 0 Å². The maximum Gasteiger partial charge on any atom is 0.407 e. The molecule has 186 valence electrons. The van der Waals surface area contributed by atoms with Crippen molar-refractivity contribution in [2.24, 2.45) is 17.6 Å². The number of hydrogen-bond donors (Lipinski definition) is 3. The number of hydrogen-bond acceptors (Lipinski definition) is 6. The number of likely N-dealkylation sites (tertiary alicyclic amines) is 1. The van der Waals surface area contributed by atoms with E-state index in [0.29, 0.717) is 31.3 Å². The molecule has 1 aliphatic heterocycles. The number of ether oxygens (including phenoxy) is 1. The second kappa shape index (κ2) is 14.2. The Hall–Kier alpha value is -2.16. The SMILES string of the molecule is CC(C)C[C@H](CN1CC(=O)C(NC(=O)[C@@H](N)CC(C)C)C1)NC(=O)OCc1ccccc1.Cl. The zero-order valence-corrected chi connectivity index (χ0v) is 20.9. The molecule has 1 aromatic rings. The summed E-state index contributed by atoms with van der Waals surface area (Å²) in [7, 11) is 0. The minimum Gasteiger partial charge on any atom is -0.445 e. The third-order valence-electron chi connectivity index (χ3n) is 5.36. The fraction of sp³-hybridized carbons (Fsp3) is 0.625. The van der Waals surface area contributed by atoms with Gasteiger partial charge in [0.1, 0.15) is 12.6 Å². The van der Waals surface area contributed by atoms with E-state index in [9.17, 15) is 14.4 Å². The Labute approximate surface area is 203 Å². The Morgan fingerprint density at radius 2 is 1.76 bits per heavy atom. The largest absolute Gasteiger partial charge is 0.445 e. The molecule has 9 heteroatoms. The van der Waals surface area contributed by atoms with Crippen LogP contribution in [-0.4, -0.2) is 60.4 Å². The molecule has 1 saturated heterocycles. The minimum atomic E-state index is -0.619. The molecule has 3 atom stereocenters. The van der Waals surface area contributed by atoms with E-state index in [4.69, 9.17) is 10.5 Å². The van der Waals surface area contributed by atoms with Crippen LogP contribution in [0.3, 0.4) is 0 Å². The number of benzene rings is 1. The highest BCUT2D eigenvalue weighted by atomic mass is 35.5. The normalized spacial score (nSPS) is 18.0. The molecule has 1 unspecified atom stereocenters. The number of nitrogens with two attached hydrogens (primary N) is 1. The second-order valence-electron chi connectivity index (χ2n) is 9.49. The molecule has 0 saturated carbocycles. The van der Waals surface area contributed by atoms with Crippen molar-refractivity contribution in [1.29, 1.82) is 0 Å². The molecule has 0 bridgehead atoms. The quantitative estimate of drug-likeness (QED) is 0.446. The number of nitrogens with zero attached hydrogens (tertiary/aromatic N) is 1. The summed E-state index contributed by atoms with van der Waals surface area (Å²) in [6.45, 7) is 9.53. The first-order chi connectivity index (χ1) is 15.1. The van der Waals surface area contributed by atoms with E-state index in [-0.39, 0.29) is 43.3 Å². The Balaban J connectivity index is 0.00000544. The van der Waals surface area contributed by atoms with Crippen LogP contribution >= 0.6 is 12.4 Å². The molecule has 2 rings (SSSR count). The molecule has 1 heterocycles. The lowest BCUT2D eigenvalue weighted by atomic mass is 10.0. The number of rotatable bonds is 11. The van der Waals surface area contributed by atoms with Gasteiger partial charge in [0, 0.05) is 19.1 Å². The highest BCUT2D eigenvalue weighted by molar-refractivity contribution is 5.93. The summed E-state index contributed by atoms with van der Waals surface area (Å²) in [5, 5.41) is 5.72. The maximum atomic E-state index is 12.4. The Morgan fingerprint density at radius 3 is 2.36 bits per heavy atom. The van der Waals surface area contributed by atoms with E-state index < -0.39 is 18.2 Å².